The summed E-state index contributed by atoms with van der Waals surface area (Å²) in [5.74, 6) is -0.455. The summed E-state index contributed by atoms with van der Waals surface area (Å²) in [6, 6.07) is 23.3. The number of anilines is 3. The Bertz CT molecular complexity index is 1080. The molecule has 2 amide bonds. The second kappa shape index (κ2) is 12.1. The van der Waals surface area contributed by atoms with Crippen molar-refractivity contribution in [1.29, 1.82) is 0 Å². The molecule has 0 spiro atoms. The van der Waals surface area contributed by atoms with Crippen molar-refractivity contribution in [3.63, 3.8) is 0 Å². The van der Waals surface area contributed by atoms with Gasteiger partial charge in [-0.3, -0.25) is 19.3 Å². The van der Waals surface area contributed by atoms with Crippen molar-refractivity contribution in [3.8, 4) is 11.5 Å². The maximum Gasteiger partial charge on any atom is 0.306 e. The number of rotatable bonds is 10. The van der Waals surface area contributed by atoms with Gasteiger partial charge in [0.05, 0.1) is 26.3 Å². The predicted octanol–water partition coefficient (Wildman–Crippen LogP) is 4.33. The van der Waals surface area contributed by atoms with Crippen LogP contribution < -0.4 is 19.7 Å². The van der Waals surface area contributed by atoms with Crippen molar-refractivity contribution >= 4 is 34.8 Å². The van der Waals surface area contributed by atoms with E-state index in [1.807, 2.05) is 60.7 Å². The molecule has 8 heteroatoms. The molecule has 3 aromatic rings. The molecular formula is C26H26N2O6. The molecule has 0 atom stereocenters. The summed E-state index contributed by atoms with van der Waals surface area (Å²) in [6.45, 7) is -0.483. The Morgan fingerprint density at radius 1 is 0.794 bits per heavy atom. The van der Waals surface area contributed by atoms with Gasteiger partial charge in [-0.25, -0.2) is 0 Å². The monoisotopic (exact) mass is 462 g/mol. The van der Waals surface area contributed by atoms with Crippen LogP contribution in [-0.4, -0.2) is 38.6 Å². The van der Waals surface area contributed by atoms with Gasteiger partial charge in [-0.2, -0.15) is 0 Å². The molecule has 8 nitrogen and oxygen atoms in total. The van der Waals surface area contributed by atoms with Crippen LogP contribution in [0.3, 0.4) is 0 Å². The molecule has 0 aliphatic rings. The van der Waals surface area contributed by atoms with Crippen LogP contribution in [0.2, 0.25) is 0 Å². The number of amides is 2. The number of nitrogens with zero attached hydrogens (tertiary/aromatic N) is 1. The summed E-state index contributed by atoms with van der Waals surface area (Å²) in [5, 5.41) is 2.62. The Kier molecular flexibility index (Phi) is 8.62. The van der Waals surface area contributed by atoms with E-state index in [1.54, 1.807) is 23.1 Å². The number of esters is 1. The van der Waals surface area contributed by atoms with Gasteiger partial charge in [-0.1, -0.05) is 36.4 Å². The van der Waals surface area contributed by atoms with Gasteiger partial charge in [-0.15, -0.1) is 0 Å². The molecule has 3 aromatic carbocycles. The van der Waals surface area contributed by atoms with Crippen molar-refractivity contribution in [2.75, 3.05) is 31.0 Å². The van der Waals surface area contributed by atoms with E-state index in [0.717, 1.165) is 0 Å². The third-order valence-electron chi connectivity index (χ3n) is 4.87. The Hall–Kier alpha value is -4.33. The highest BCUT2D eigenvalue weighted by molar-refractivity contribution is 6.01. The minimum Gasteiger partial charge on any atom is -0.497 e. The molecule has 1 N–H and O–H groups in total. The molecule has 3 rings (SSSR count). The van der Waals surface area contributed by atoms with Crippen molar-refractivity contribution in [1.82, 2.24) is 0 Å². The average molecular weight is 463 g/mol. The predicted molar refractivity (Wildman–Crippen MR) is 128 cm³/mol. The van der Waals surface area contributed by atoms with Crippen LogP contribution in [-0.2, 0) is 19.1 Å². The third-order valence-corrected chi connectivity index (χ3v) is 4.87. The molecule has 0 aliphatic carbocycles. The molecule has 0 saturated carbocycles. The lowest BCUT2D eigenvalue weighted by Gasteiger charge is -2.23. The number of carbonyl (C=O) groups is 3. The molecule has 0 bridgehead atoms. The number of nitrogens with one attached hydrogen (secondary N) is 1. The lowest BCUT2D eigenvalue weighted by atomic mass is 10.2. The standard InChI is InChI=1S/C26H26N2O6/c1-32-21-13-14-22(23(17-21)33-2)27-24(29)18-34-26(31)16-15-25(30)28(19-9-5-3-6-10-19)20-11-7-4-8-12-20/h3-14,17H,15-16,18H2,1-2H3,(H,27,29). The largest absolute Gasteiger partial charge is 0.497 e. The number of para-hydroxylation sites is 2. The van der Waals surface area contributed by atoms with Crippen molar-refractivity contribution < 1.29 is 28.6 Å². The Labute approximate surface area is 198 Å². The highest BCUT2D eigenvalue weighted by Gasteiger charge is 2.19. The first-order valence-electron chi connectivity index (χ1n) is 10.6. The molecule has 0 aromatic heterocycles. The first-order chi connectivity index (χ1) is 16.5. The van der Waals surface area contributed by atoms with Gasteiger partial charge in [0.2, 0.25) is 5.91 Å². The maximum atomic E-state index is 13.0. The molecule has 0 fully saturated rings. The van der Waals surface area contributed by atoms with Gasteiger partial charge >= 0.3 is 5.97 Å². The fourth-order valence-corrected chi connectivity index (χ4v) is 3.22. The van der Waals surface area contributed by atoms with Crippen molar-refractivity contribution in [2.24, 2.45) is 0 Å². The zero-order valence-electron chi connectivity index (χ0n) is 19.0. The second-order valence-corrected chi connectivity index (χ2v) is 7.18. The highest BCUT2D eigenvalue weighted by atomic mass is 16.5. The smallest absolute Gasteiger partial charge is 0.306 e. The minimum atomic E-state index is -0.647. The zero-order chi connectivity index (χ0) is 24.3. The number of hydrogen-bond donors (Lipinski definition) is 1. The normalized spacial score (nSPS) is 10.2. The van der Waals surface area contributed by atoms with E-state index in [9.17, 15) is 14.4 Å². The van der Waals surface area contributed by atoms with Crippen LogP contribution in [0.15, 0.2) is 78.9 Å². The lowest BCUT2D eigenvalue weighted by molar-refractivity contribution is -0.148. The summed E-state index contributed by atoms with van der Waals surface area (Å²) < 4.78 is 15.4. The fraction of sp³-hybridized carbons (Fsp3) is 0.192. The van der Waals surface area contributed by atoms with Crippen LogP contribution in [0.5, 0.6) is 11.5 Å². The maximum absolute atomic E-state index is 13.0. The van der Waals surface area contributed by atoms with E-state index in [1.165, 1.54) is 14.2 Å². The van der Waals surface area contributed by atoms with E-state index in [2.05, 4.69) is 5.32 Å². The first kappa shape index (κ1) is 24.3. The molecule has 0 heterocycles. The van der Waals surface area contributed by atoms with Gasteiger partial charge in [0.15, 0.2) is 6.61 Å². The van der Waals surface area contributed by atoms with Gasteiger partial charge in [-0.05, 0) is 36.4 Å². The van der Waals surface area contributed by atoms with Gasteiger partial charge in [0.1, 0.15) is 11.5 Å². The summed E-state index contributed by atoms with van der Waals surface area (Å²) in [5.41, 5.74) is 1.81. The van der Waals surface area contributed by atoms with Crippen LogP contribution in [0.25, 0.3) is 0 Å². The molecule has 176 valence electrons. The quantitative estimate of drug-likeness (QED) is 0.451. The van der Waals surface area contributed by atoms with Crippen LogP contribution in [0.4, 0.5) is 17.1 Å². The van der Waals surface area contributed by atoms with E-state index in [-0.39, 0.29) is 18.7 Å². The summed E-state index contributed by atoms with van der Waals surface area (Å²) in [4.78, 5) is 38.9. The Balaban J connectivity index is 1.54. The number of carbonyl (C=O) groups excluding carboxylic acids is 3. The van der Waals surface area contributed by atoms with Gasteiger partial charge in [0, 0.05) is 23.9 Å². The SMILES string of the molecule is COc1ccc(NC(=O)COC(=O)CCC(=O)N(c2ccccc2)c2ccccc2)c(OC)c1. The molecule has 0 radical (unpaired) electrons. The molecular weight excluding hydrogens is 436 g/mol. The van der Waals surface area contributed by atoms with Gasteiger partial charge in [0.25, 0.3) is 5.91 Å². The number of benzene rings is 3. The van der Waals surface area contributed by atoms with Crippen LogP contribution in [0.1, 0.15) is 12.8 Å². The zero-order valence-corrected chi connectivity index (χ0v) is 19.0. The molecule has 0 saturated heterocycles. The fourth-order valence-electron chi connectivity index (χ4n) is 3.22. The van der Waals surface area contributed by atoms with Crippen molar-refractivity contribution in [3.05, 3.63) is 78.9 Å². The Morgan fingerprint density at radius 2 is 1.41 bits per heavy atom. The van der Waals surface area contributed by atoms with Crippen LogP contribution >= 0.6 is 0 Å². The van der Waals surface area contributed by atoms with E-state index in [0.29, 0.717) is 28.6 Å². The number of hydrogen-bond acceptors (Lipinski definition) is 6. The summed E-state index contributed by atoms with van der Waals surface area (Å²) in [7, 11) is 2.99. The minimum absolute atomic E-state index is 0.0729. The summed E-state index contributed by atoms with van der Waals surface area (Å²) >= 11 is 0. The number of ether oxygens (including phenoxy) is 3. The van der Waals surface area contributed by atoms with Crippen LogP contribution in [0, 0.1) is 0 Å². The first-order valence-corrected chi connectivity index (χ1v) is 10.6. The van der Waals surface area contributed by atoms with E-state index >= 15 is 0 Å². The highest BCUT2D eigenvalue weighted by Crippen LogP contribution is 2.29. The average Bonchev–Trinajstić information content (AvgIpc) is 2.88. The third kappa shape index (κ3) is 6.59. The summed E-state index contributed by atoms with van der Waals surface area (Å²) in [6.07, 6.45) is -0.231. The molecule has 0 unspecified atom stereocenters. The molecule has 0 aliphatic heterocycles. The topological polar surface area (TPSA) is 94.2 Å². The van der Waals surface area contributed by atoms with E-state index in [4.69, 9.17) is 14.2 Å². The number of methoxy groups -OCH3 is 2. The van der Waals surface area contributed by atoms with Crippen molar-refractivity contribution in [2.45, 2.75) is 12.8 Å². The second-order valence-electron chi connectivity index (χ2n) is 7.18. The molecule has 34 heavy (non-hydrogen) atoms. The van der Waals surface area contributed by atoms with Gasteiger partial charge < -0.3 is 19.5 Å². The Morgan fingerprint density at radius 3 is 1.97 bits per heavy atom. The lowest BCUT2D eigenvalue weighted by Crippen LogP contribution is -2.27. The van der Waals surface area contributed by atoms with E-state index < -0.39 is 18.5 Å².